The van der Waals surface area contributed by atoms with E-state index in [0.717, 1.165) is 25.7 Å². The summed E-state index contributed by atoms with van der Waals surface area (Å²) >= 11 is 1.84. The van der Waals surface area contributed by atoms with E-state index in [-0.39, 0.29) is 17.1 Å². The highest BCUT2D eigenvalue weighted by Crippen LogP contribution is 2.42. The molecule has 0 saturated heterocycles. The molecule has 0 atom stereocenters. The molecule has 2 fully saturated rings. The fourth-order valence-corrected chi connectivity index (χ4v) is 4.53. The van der Waals surface area contributed by atoms with E-state index in [1.807, 2.05) is 11.8 Å². The average Bonchev–Trinajstić information content (AvgIpc) is 3.06. The average molecular weight is 299 g/mol. The van der Waals surface area contributed by atoms with Gasteiger partial charge in [-0.3, -0.25) is 9.59 Å². The fraction of sp³-hybridized carbons (Fsp3) is 0.867. The number of carboxylic acids is 1. The van der Waals surface area contributed by atoms with Crippen LogP contribution in [0.25, 0.3) is 0 Å². The van der Waals surface area contributed by atoms with Crippen LogP contribution >= 0.6 is 11.8 Å². The van der Waals surface area contributed by atoms with Crippen molar-refractivity contribution in [3.8, 4) is 0 Å². The van der Waals surface area contributed by atoms with E-state index < -0.39 is 11.4 Å². The van der Waals surface area contributed by atoms with Gasteiger partial charge in [-0.2, -0.15) is 11.8 Å². The summed E-state index contributed by atoms with van der Waals surface area (Å²) in [6.07, 6.45) is 10.2. The molecule has 2 N–H and O–H groups in total. The summed E-state index contributed by atoms with van der Waals surface area (Å²) in [5.74, 6) is -0.889. The van der Waals surface area contributed by atoms with E-state index in [1.54, 1.807) is 0 Å². The van der Waals surface area contributed by atoms with Gasteiger partial charge in [-0.05, 0) is 31.9 Å². The molecule has 4 nitrogen and oxygen atoms in total. The molecule has 20 heavy (non-hydrogen) atoms. The number of carbonyl (C=O) groups excluding carboxylic acids is 1. The van der Waals surface area contributed by atoms with Crippen LogP contribution in [0.3, 0.4) is 0 Å². The summed E-state index contributed by atoms with van der Waals surface area (Å²) in [5.41, 5.74) is -0.799. The number of nitrogens with one attached hydrogen (secondary N) is 1. The summed E-state index contributed by atoms with van der Waals surface area (Å²) < 4.78 is 0.182. The Hall–Kier alpha value is -0.710. The topological polar surface area (TPSA) is 66.4 Å². The van der Waals surface area contributed by atoms with Crippen LogP contribution in [0.4, 0.5) is 0 Å². The van der Waals surface area contributed by atoms with Gasteiger partial charge in [0.25, 0.3) is 0 Å². The van der Waals surface area contributed by atoms with Crippen molar-refractivity contribution in [3.05, 3.63) is 0 Å². The summed E-state index contributed by atoms with van der Waals surface area (Å²) in [5, 5.41) is 12.4. The molecule has 0 aliphatic heterocycles. The summed E-state index contributed by atoms with van der Waals surface area (Å²) in [7, 11) is 0. The van der Waals surface area contributed by atoms with E-state index in [2.05, 4.69) is 11.6 Å². The molecule has 5 heteroatoms. The second-order valence-electron chi connectivity index (χ2n) is 6.34. The predicted molar refractivity (Wildman–Crippen MR) is 80.9 cm³/mol. The number of carboxylic acid groups (broad SMARTS) is 1. The maximum absolute atomic E-state index is 12.1. The molecule has 2 aliphatic carbocycles. The van der Waals surface area contributed by atoms with Gasteiger partial charge in [-0.1, -0.05) is 25.7 Å². The first kappa shape index (κ1) is 15.7. The zero-order chi connectivity index (χ0) is 14.6. The van der Waals surface area contributed by atoms with Gasteiger partial charge >= 0.3 is 5.97 Å². The Labute approximate surface area is 125 Å². The summed E-state index contributed by atoms with van der Waals surface area (Å²) in [6.45, 7) is 0.683. The van der Waals surface area contributed by atoms with Crippen molar-refractivity contribution in [3.63, 3.8) is 0 Å². The third kappa shape index (κ3) is 3.30. The highest BCUT2D eigenvalue weighted by molar-refractivity contribution is 8.00. The molecular weight excluding hydrogens is 274 g/mol. The normalized spacial score (nSPS) is 23.6. The highest BCUT2D eigenvalue weighted by Gasteiger charge is 2.43. The Kier molecular flexibility index (Phi) is 4.99. The van der Waals surface area contributed by atoms with E-state index in [1.165, 1.54) is 12.8 Å². The molecular formula is C15H25NO3S. The fourth-order valence-electron chi connectivity index (χ4n) is 3.62. The van der Waals surface area contributed by atoms with Crippen LogP contribution in [0.5, 0.6) is 0 Å². The quantitative estimate of drug-likeness (QED) is 0.791. The number of carbonyl (C=O) groups is 2. The van der Waals surface area contributed by atoms with Crippen molar-refractivity contribution < 1.29 is 14.7 Å². The second kappa shape index (κ2) is 6.37. The number of hydrogen-bond acceptors (Lipinski definition) is 3. The molecule has 2 rings (SSSR count). The van der Waals surface area contributed by atoms with Crippen molar-refractivity contribution in [2.75, 3.05) is 12.8 Å². The van der Waals surface area contributed by atoms with Crippen molar-refractivity contribution in [2.45, 2.75) is 62.5 Å². The lowest BCUT2D eigenvalue weighted by molar-refractivity contribution is -0.151. The minimum Gasteiger partial charge on any atom is -0.481 e. The van der Waals surface area contributed by atoms with Gasteiger partial charge < -0.3 is 10.4 Å². The van der Waals surface area contributed by atoms with Crippen molar-refractivity contribution >= 4 is 23.6 Å². The first-order chi connectivity index (χ1) is 9.52. The maximum atomic E-state index is 12.1. The first-order valence-corrected chi connectivity index (χ1v) is 8.80. The van der Waals surface area contributed by atoms with E-state index in [0.29, 0.717) is 19.4 Å². The van der Waals surface area contributed by atoms with Crippen LogP contribution in [-0.4, -0.2) is 34.5 Å². The zero-order valence-electron chi connectivity index (χ0n) is 12.2. The van der Waals surface area contributed by atoms with Crippen LogP contribution < -0.4 is 5.32 Å². The predicted octanol–water partition coefficient (Wildman–Crippen LogP) is 2.81. The number of hydrogen-bond donors (Lipinski definition) is 2. The maximum Gasteiger partial charge on any atom is 0.310 e. The van der Waals surface area contributed by atoms with Crippen molar-refractivity contribution in [1.29, 1.82) is 0 Å². The smallest absolute Gasteiger partial charge is 0.310 e. The SMILES string of the molecule is CSC1(CNC(=O)CC2(C(=O)O)CCCC2)CCCC1. The molecule has 1 amide bonds. The minimum atomic E-state index is -0.800. The molecule has 114 valence electrons. The Balaban J connectivity index is 1.87. The van der Waals surface area contributed by atoms with Crippen molar-refractivity contribution in [2.24, 2.45) is 5.41 Å². The third-order valence-electron chi connectivity index (χ3n) is 5.07. The number of amides is 1. The second-order valence-corrected chi connectivity index (χ2v) is 7.61. The molecule has 0 radical (unpaired) electrons. The van der Waals surface area contributed by atoms with Crippen LogP contribution in [0, 0.1) is 5.41 Å². The number of rotatable bonds is 6. The van der Waals surface area contributed by atoms with Crippen LogP contribution in [0.1, 0.15) is 57.8 Å². The van der Waals surface area contributed by atoms with Gasteiger partial charge in [0.15, 0.2) is 0 Å². The highest BCUT2D eigenvalue weighted by atomic mass is 32.2. The third-order valence-corrected chi connectivity index (χ3v) is 6.49. The lowest BCUT2D eigenvalue weighted by Crippen LogP contribution is -2.41. The number of thioether (sulfide) groups is 1. The summed E-state index contributed by atoms with van der Waals surface area (Å²) in [6, 6.07) is 0. The largest absolute Gasteiger partial charge is 0.481 e. The van der Waals surface area contributed by atoms with Crippen LogP contribution in [-0.2, 0) is 9.59 Å². The van der Waals surface area contributed by atoms with Gasteiger partial charge in [-0.25, -0.2) is 0 Å². The van der Waals surface area contributed by atoms with Crippen LogP contribution in [0.15, 0.2) is 0 Å². The number of aliphatic carboxylic acids is 1. The molecule has 0 aromatic carbocycles. The first-order valence-electron chi connectivity index (χ1n) is 7.57. The summed E-state index contributed by atoms with van der Waals surface area (Å²) in [4.78, 5) is 23.6. The molecule has 0 unspecified atom stereocenters. The van der Waals surface area contributed by atoms with Crippen LogP contribution in [0.2, 0.25) is 0 Å². The monoisotopic (exact) mass is 299 g/mol. The molecule has 0 aromatic heterocycles. The zero-order valence-corrected chi connectivity index (χ0v) is 13.1. The molecule has 2 saturated carbocycles. The minimum absolute atomic E-state index is 0.0883. The van der Waals surface area contributed by atoms with Gasteiger partial charge in [0.1, 0.15) is 0 Å². The molecule has 0 aromatic rings. The Morgan fingerprint density at radius 3 is 2.15 bits per heavy atom. The lowest BCUT2D eigenvalue weighted by atomic mass is 9.82. The Bertz CT molecular complexity index is 371. The van der Waals surface area contributed by atoms with Gasteiger partial charge in [0.05, 0.1) is 5.41 Å². The lowest BCUT2D eigenvalue weighted by Gasteiger charge is -2.28. The van der Waals surface area contributed by atoms with Gasteiger partial charge in [-0.15, -0.1) is 0 Å². The molecule has 2 aliphatic rings. The standard InChI is InChI=1S/C15H25NO3S/c1-20-15(8-4-5-9-15)11-16-12(17)10-14(13(18)19)6-2-3-7-14/h2-11H2,1H3,(H,16,17)(H,18,19). The Morgan fingerprint density at radius 2 is 1.65 bits per heavy atom. The van der Waals surface area contributed by atoms with Gasteiger partial charge in [0.2, 0.25) is 5.91 Å². The van der Waals surface area contributed by atoms with Gasteiger partial charge in [0, 0.05) is 17.7 Å². The molecule has 0 heterocycles. The van der Waals surface area contributed by atoms with E-state index in [9.17, 15) is 14.7 Å². The molecule has 0 spiro atoms. The van der Waals surface area contributed by atoms with Crippen molar-refractivity contribution in [1.82, 2.24) is 5.32 Å². The molecule has 0 bridgehead atoms. The Morgan fingerprint density at radius 1 is 1.10 bits per heavy atom. The van der Waals surface area contributed by atoms with E-state index >= 15 is 0 Å². The van der Waals surface area contributed by atoms with E-state index in [4.69, 9.17) is 0 Å².